The molecule has 1 heterocycles. The number of hydrogen-bond acceptors (Lipinski definition) is 4. The molecule has 132 valence electrons. The molecule has 1 aliphatic rings. The maximum absolute atomic E-state index is 12.9. The van der Waals surface area contributed by atoms with Gasteiger partial charge in [-0.05, 0) is 43.5 Å². The van der Waals surface area contributed by atoms with Gasteiger partial charge < -0.3 is 20.4 Å². The summed E-state index contributed by atoms with van der Waals surface area (Å²) in [4.78, 5) is 10.0. The highest BCUT2D eigenvalue weighted by Gasteiger charge is 2.30. The second-order valence-corrected chi connectivity index (χ2v) is 5.97. The normalized spacial score (nSPS) is 22.1. The van der Waals surface area contributed by atoms with Crippen molar-refractivity contribution in [3.63, 3.8) is 0 Å². The predicted octanol–water partition coefficient (Wildman–Crippen LogP) is 2.79. The van der Waals surface area contributed by atoms with Crippen molar-refractivity contribution in [2.45, 2.75) is 37.3 Å². The summed E-state index contributed by atoms with van der Waals surface area (Å²) < 4.78 is 17.4. The molecular formula is C19H20FNO4. The molecule has 0 saturated heterocycles. The molecule has 1 aromatic heterocycles. The smallest absolute Gasteiger partial charge is 0.338 e. The number of furan rings is 1. The van der Waals surface area contributed by atoms with Gasteiger partial charge >= 0.3 is 5.97 Å². The van der Waals surface area contributed by atoms with E-state index in [4.69, 9.17) is 10.8 Å². The third-order valence-corrected chi connectivity index (χ3v) is 3.80. The topological polar surface area (TPSA) is 96.7 Å². The average Bonchev–Trinajstić information content (AvgIpc) is 3.08. The highest BCUT2D eigenvalue weighted by molar-refractivity contribution is 5.86. The number of rotatable bonds is 1. The van der Waals surface area contributed by atoms with E-state index in [-0.39, 0.29) is 17.4 Å². The van der Waals surface area contributed by atoms with Crippen LogP contribution in [0.4, 0.5) is 4.39 Å². The van der Waals surface area contributed by atoms with Crippen LogP contribution in [0.3, 0.4) is 0 Å². The summed E-state index contributed by atoms with van der Waals surface area (Å²) in [5.74, 6) is 4.38. The van der Waals surface area contributed by atoms with E-state index in [1.165, 1.54) is 30.7 Å². The molecule has 0 radical (unpaired) electrons. The summed E-state index contributed by atoms with van der Waals surface area (Å²) in [7, 11) is 0. The Balaban J connectivity index is 0.000000236. The third-order valence-electron chi connectivity index (χ3n) is 3.80. The summed E-state index contributed by atoms with van der Waals surface area (Å²) >= 11 is 0. The van der Waals surface area contributed by atoms with Crippen molar-refractivity contribution in [1.29, 1.82) is 0 Å². The van der Waals surface area contributed by atoms with Crippen LogP contribution in [0.1, 0.15) is 41.6 Å². The third kappa shape index (κ3) is 6.07. The van der Waals surface area contributed by atoms with Gasteiger partial charge in [0.25, 0.3) is 0 Å². The highest BCUT2D eigenvalue weighted by Crippen LogP contribution is 2.26. The van der Waals surface area contributed by atoms with Crippen LogP contribution in [0, 0.1) is 17.7 Å². The first kappa shape index (κ1) is 18.7. The van der Waals surface area contributed by atoms with E-state index >= 15 is 0 Å². The molecular weight excluding hydrogens is 325 g/mol. The molecule has 1 fully saturated rings. The van der Waals surface area contributed by atoms with Crippen LogP contribution in [-0.4, -0.2) is 27.8 Å². The molecule has 2 aromatic rings. The summed E-state index contributed by atoms with van der Waals surface area (Å²) in [5, 5.41) is 18.4. The molecule has 6 heteroatoms. The lowest BCUT2D eigenvalue weighted by Crippen LogP contribution is -2.40. The molecule has 0 unspecified atom stereocenters. The Hall–Kier alpha value is -2.62. The van der Waals surface area contributed by atoms with Gasteiger partial charge in [-0.2, -0.15) is 0 Å². The van der Waals surface area contributed by atoms with Crippen molar-refractivity contribution in [3.8, 4) is 11.8 Å². The average molecular weight is 345 g/mol. The van der Waals surface area contributed by atoms with Crippen molar-refractivity contribution < 1.29 is 23.8 Å². The Bertz CT molecular complexity index is 763. The largest absolute Gasteiger partial charge is 0.478 e. The van der Waals surface area contributed by atoms with Gasteiger partial charge in [0, 0.05) is 18.0 Å². The van der Waals surface area contributed by atoms with Gasteiger partial charge in [-0.15, -0.1) is 0 Å². The van der Waals surface area contributed by atoms with Gasteiger partial charge in [0.2, 0.25) is 0 Å². The molecule has 3 rings (SSSR count). The SMILES string of the molecule is N[C@@H]1CCC[C@](O)(C#Cc2cccc(F)c2)C1.O=C(O)c1ccoc1. The number of nitrogens with two attached hydrogens (primary N) is 1. The van der Waals surface area contributed by atoms with Crippen LogP contribution in [0.25, 0.3) is 0 Å². The van der Waals surface area contributed by atoms with Crippen LogP contribution < -0.4 is 5.73 Å². The van der Waals surface area contributed by atoms with Crippen LogP contribution in [-0.2, 0) is 0 Å². The molecule has 2 atom stereocenters. The summed E-state index contributed by atoms with van der Waals surface area (Å²) in [6, 6.07) is 7.46. The fourth-order valence-corrected chi connectivity index (χ4v) is 2.55. The minimum Gasteiger partial charge on any atom is -0.478 e. The molecule has 0 aliphatic heterocycles. The fraction of sp³-hybridized carbons (Fsp3) is 0.316. The number of benzene rings is 1. The van der Waals surface area contributed by atoms with Crippen LogP contribution >= 0.6 is 0 Å². The molecule has 5 nitrogen and oxygen atoms in total. The molecule has 1 aliphatic carbocycles. The van der Waals surface area contributed by atoms with Crippen molar-refractivity contribution in [3.05, 3.63) is 59.8 Å². The van der Waals surface area contributed by atoms with E-state index in [1.54, 1.807) is 12.1 Å². The van der Waals surface area contributed by atoms with Crippen molar-refractivity contribution in [1.82, 2.24) is 0 Å². The first-order chi connectivity index (χ1) is 11.9. The van der Waals surface area contributed by atoms with Crippen molar-refractivity contribution >= 4 is 5.97 Å². The second kappa shape index (κ2) is 8.47. The lowest BCUT2D eigenvalue weighted by atomic mass is 9.82. The zero-order valence-electron chi connectivity index (χ0n) is 13.6. The van der Waals surface area contributed by atoms with Gasteiger partial charge in [0.05, 0.1) is 11.8 Å². The predicted molar refractivity (Wildman–Crippen MR) is 90.3 cm³/mol. The van der Waals surface area contributed by atoms with Crippen LogP contribution in [0.2, 0.25) is 0 Å². The standard InChI is InChI=1S/C14H16FNO.C5H4O3/c15-12-4-1-3-11(9-12)6-8-14(17)7-2-5-13(16)10-14;6-5(7)4-1-2-8-3-4/h1,3-4,9,13,17H,2,5,7,10,16H2;1-3H,(H,6,7)/t13-,14+;/m1./s1. The quantitative estimate of drug-likeness (QED) is 0.691. The molecule has 4 N–H and O–H groups in total. The lowest BCUT2D eigenvalue weighted by molar-refractivity contribution is 0.0532. The Morgan fingerprint density at radius 1 is 1.40 bits per heavy atom. The van der Waals surface area contributed by atoms with Gasteiger partial charge in [0.1, 0.15) is 17.7 Å². The van der Waals surface area contributed by atoms with E-state index in [2.05, 4.69) is 16.3 Å². The van der Waals surface area contributed by atoms with E-state index < -0.39 is 11.6 Å². The van der Waals surface area contributed by atoms with Crippen molar-refractivity contribution in [2.75, 3.05) is 0 Å². The Morgan fingerprint density at radius 2 is 2.20 bits per heavy atom. The van der Waals surface area contributed by atoms with E-state index in [9.17, 15) is 14.3 Å². The zero-order chi connectivity index (χ0) is 18.3. The number of hydrogen-bond donors (Lipinski definition) is 3. The van der Waals surface area contributed by atoms with Gasteiger partial charge in [-0.1, -0.05) is 17.9 Å². The monoisotopic (exact) mass is 345 g/mol. The van der Waals surface area contributed by atoms with Crippen LogP contribution in [0.15, 0.2) is 47.3 Å². The molecule has 1 saturated carbocycles. The minimum atomic E-state index is -1.01. The van der Waals surface area contributed by atoms with E-state index in [0.717, 1.165) is 12.8 Å². The first-order valence-corrected chi connectivity index (χ1v) is 7.90. The summed E-state index contributed by atoms with van der Waals surface area (Å²) in [5.41, 5.74) is 5.57. The maximum atomic E-state index is 12.9. The van der Waals surface area contributed by atoms with Crippen molar-refractivity contribution in [2.24, 2.45) is 5.73 Å². The number of carboxylic acids is 1. The highest BCUT2D eigenvalue weighted by atomic mass is 19.1. The van der Waals surface area contributed by atoms with Crippen LogP contribution in [0.5, 0.6) is 0 Å². The number of carboxylic acid groups (broad SMARTS) is 1. The number of carbonyl (C=O) groups is 1. The molecule has 25 heavy (non-hydrogen) atoms. The summed E-state index contributed by atoms with van der Waals surface area (Å²) in [6.45, 7) is 0. The van der Waals surface area contributed by atoms with Gasteiger partial charge in [-0.3, -0.25) is 0 Å². The number of aromatic carboxylic acids is 1. The Kier molecular flexibility index (Phi) is 6.34. The Labute approximate surface area is 145 Å². The van der Waals surface area contributed by atoms with E-state index in [1.807, 2.05) is 0 Å². The lowest BCUT2D eigenvalue weighted by Gasteiger charge is -2.30. The number of aliphatic hydroxyl groups is 1. The maximum Gasteiger partial charge on any atom is 0.338 e. The minimum absolute atomic E-state index is 0.00978. The molecule has 0 spiro atoms. The Morgan fingerprint density at radius 3 is 2.76 bits per heavy atom. The fourth-order valence-electron chi connectivity index (χ4n) is 2.55. The second-order valence-electron chi connectivity index (χ2n) is 5.97. The first-order valence-electron chi connectivity index (χ1n) is 7.90. The van der Waals surface area contributed by atoms with Gasteiger partial charge in [-0.25, -0.2) is 9.18 Å². The van der Waals surface area contributed by atoms with E-state index in [0.29, 0.717) is 18.4 Å². The number of halogens is 1. The summed E-state index contributed by atoms with van der Waals surface area (Å²) in [6.07, 6.45) is 5.46. The molecule has 0 amide bonds. The molecule has 0 bridgehead atoms. The molecule has 1 aromatic carbocycles. The zero-order valence-corrected chi connectivity index (χ0v) is 13.6. The van der Waals surface area contributed by atoms with Gasteiger partial charge in [0.15, 0.2) is 0 Å².